The van der Waals surface area contributed by atoms with Crippen molar-refractivity contribution in [2.45, 2.75) is 26.1 Å². The third-order valence-electron chi connectivity index (χ3n) is 3.19. The summed E-state index contributed by atoms with van der Waals surface area (Å²) in [6.45, 7) is 5.11. The lowest BCUT2D eigenvalue weighted by atomic mass is 10.1. The smallest absolute Gasteiger partial charge is 0.254 e. The number of rotatable bonds is 2. The van der Waals surface area contributed by atoms with E-state index in [1.807, 2.05) is 36.9 Å². The van der Waals surface area contributed by atoms with Crippen LogP contribution in [0.2, 0.25) is 0 Å². The molecule has 0 bridgehead atoms. The first-order valence-corrected chi connectivity index (χ1v) is 7.61. The molecule has 2 rings (SSSR count). The Balaban J connectivity index is 2.16. The molecule has 1 aromatic rings. The van der Waals surface area contributed by atoms with E-state index in [1.165, 1.54) is 0 Å². The fraction of sp³-hybridized carbons (Fsp3) is 0.500. The number of amides is 1. The molecule has 0 saturated carbocycles. The Kier molecular flexibility index (Phi) is 4.87. The Bertz CT molecular complexity index is 481. The zero-order valence-electron chi connectivity index (χ0n) is 11.0. The summed E-state index contributed by atoms with van der Waals surface area (Å²) in [4.78, 5) is 14.3. The molecule has 2 atom stereocenters. The predicted molar refractivity (Wildman–Crippen MR) is 79.8 cm³/mol. The number of benzene rings is 1. The quantitative estimate of drug-likeness (QED) is 0.770. The second-order valence-electron chi connectivity index (χ2n) is 4.90. The highest BCUT2D eigenvalue weighted by molar-refractivity contribution is 9.10. The lowest BCUT2D eigenvalue weighted by Crippen LogP contribution is -2.49. The van der Waals surface area contributed by atoms with E-state index in [1.54, 1.807) is 0 Å². The van der Waals surface area contributed by atoms with Crippen molar-refractivity contribution >= 4 is 33.4 Å². The van der Waals surface area contributed by atoms with E-state index in [9.17, 15) is 4.79 Å². The number of nitrogens with zero attached hydrogens (tertiary/aromatic N) is 1. The van der Waals surface area contributed by atoms with Crippen molar-refractivity contribution in [3.05, 3.63) is 33.8 Å². The van der Waals surface area contributed by atoms with E-state index in [-0.39, 0.29) is 18.1 Å². The maximum atomic E-state index is 12.5. The Hall–Kier alpha value is -0.580. The van der Waals surface area contributed by atoms with Crippen LogP contribution in [0.1, 0.15) is 22.8 Å². The van der Waals surface area contributed by atoms with Crippen molar-refractivity contribution < 1.29 is 9.53 Å². The van der Waals surface area contributed by atoms with Crippen LogP contribution in [0.15, 0.2) is 22.7 Å². The highest BCUT2D eigenvalue weighted by atomic mass is 79.9. The number of hydrogen-bond donors (Lipinski definition) is 0. The summed E-state index contributed by atoms with van der Waals surface area (Å²) in [6, 6.07) is 5.66. The molecule has 0 aromatic heterocycles. The van der Waals surface area contributed by atoms with Crippen LogP contribution in [0.25, 0.3) is 0 Å². The van der Waals surface area contributed by atoms with Crippen LogP contribution in [0.5, 0.6) is 0 Å². The van der Waals surface area contributed by atoms with Crippen molar-refractivity contribution in [3.63, 3.8) is 0 Å². The highest BCUT2D eigenvalue weighted by Gasteiger charge is 2.28. The van der Waals surface area contributed by atoms with Gasteiger partial charge in [0.1, 0.15) is 0 Å². The van der Waals surface area contributed by atoms with Crippen molar-refractivity contribution in [2.75, 3.05) is 19.0 Å². The van der Waals surface area contributed by atoms with Gasteiger partial charge in [-0.25, -0.2) is 0 Å². The second-order valence-corrected chi connectivity index (χ2v) is 6.06. The average molecular weight is 347 g/mol. The Morgan fingerprint density at radius 2 is 2.26 bits per heavy atom. The van der Waals surface area contributed by atoms with Crippen LogP contribution in [0, 0.1) is 6.92 Å². The minimum absolute atomic E-state index is 0.0259. The Morgan fingerprint density at radius 1 is 1.53 bits per heavy atom. The number of ether oxygens (including phenoxy) is 1. The van der Waals surface area contributed by atoms with Crippen LogP contribution >= 0.6 is 27.5 Å². The molecule has 1 fully saturated rings. The minimum Gasteiger partial charge on any atom is -0.370 e. The standard InChI is InChI=1S/C14H17BrClNO2/c1-9-5-11(3-4-13(9)15)14(18)17-7-10(2)19-12(6-16)8-17/h3-5,10,12H,6-8H2,1-2H3. The van der Waals surface area contributed by atoms with Crippen LogP contribution in [-0.2, 0) is 4.74 Å². The molecule has 1 aromatic carbocycles. The van der Waals surface area contributed by atoms with Gasteiger partial charge in [-0.2, -0.15) is 0 Å². The van der Waals surface area contributed by atoms with E-state index < -0.39 is 0 Å². The molecule has 0 spiro atoms. The molecule has 5 heteroatoms. The first kappa shape index (κ1) is 14.8. The van der Waals surface area contributed by atoms with Crippen molar-refractivity contribution in [3.8, 4) is 0 Å². The van der Waals surface area contributed by atoms with Gasteiger partial charge in [-0.05, 0) is 37.6 Å². The normalized spacial score (nSPS) is 23.5. The van der Waals surface area contributed by atoms with Crippen molar-refractivity contribution in [1.29, 1.82) is 0 Å². The predicted octanol–water partition coefficient (Wildman–Crippen LogP) is 3.23. The summed E-state index contributed by atoms with van der Waals surface area (Å²) in [5.41, 5.74) is 1.77. The average Bonchev–Trinajstić information content (AvgIpc) is 2.40. The zero-order valence-corrected chi connectivity index (χ0v) is 13.4. The van der Waals surface area contributed by atoms with E-state index >= 15 is 0 Å². The number of carbonyl (C=O) groups is 1. The largest absolute Gasteiger partial charge is 0.370 e. The minimum atomic E-state index is -0.0779. The molecule has 0 N–H and O–H groups in total. The van der Waals surface area contributed by atoms with Crippen LogP contribution in [0.4, 0.5) is 0 Å². The molecular formula is C14H17BrClNO2. The maximum absolute atomic E-state index is 12.5. The molecule has 19 heavy (non-hydrogen) atoms. The van der Waals surface area contributed by atoms with Crippen LogP contribution in [0.3, 0.4) is 0 Å². The van der Waals surface area contributed by atoms with Gasteiger partial charge in [0.25, 0.3) is 5.91 Å². The number of hydrogen-bond acceptors (Lipinski definition) is 2. The van der Waals surface area contributed by atoms with Crippen LogP contribution in [-0.4, -0.2) is 42.0 Å². The molecule has 0 radical (unpaired) electrons. The molecular weight excluding hydrogens is 330 g/mol. The Labute approximate surface area is 127 Å². The summed E-state index contributed by atoms with van der Waals surface area (Å²) in [7, 11) is 0. The van der Waals surface area contributed by atoms with Crippen molar-refractivity contribution in [2.24, 2.45) is 0 Å². The van der Waals surface area contributed by atoms with E-state index in [2.05, 4.69) is 15.9 Å². The fourth-order valence-electron chi connectivity index (χ4n) is 2.26. The first-order valence-electron chi connectivity index (χ1n) is 6.28. The molecule has 0 aliphatic carbocycles. The van der Waals surface area contributed by atoms with Crippen LogP contribution < -0.4 is 0 Å². The summed E-state index contributed by atoms with van der Waals surface area (Å²) in [5, 5.41) is 0. The van der Waals surface area contributed by atoms with Crippen molar-refractivity contribution in [1.82, 2.24) is 4.90 Å². The first-order chi connectivity index (χ1) is 9.01. The third kappa shape index (κ3) is 3.50. The zero-order chi connectivity index (χ0) is 14.0. The van der Waals surface area contributed by atoms with E-state index in [0.29, 0.717) is 24.5 Å². The summed E-state index contributed by atoms with van der Waals surface area (Å²) in [5.74, 6) is 0.453. The number of morpholine rings is 1. The van der Waals surface area contributed by atoms with Gasteiger partial charge in [0.05, 0.1) is 18.1 Å². The lowest BCUT2D eigenvalue weighted by molar-refractivity contribution is -0.0570. The van der Waals surface area contributed by atoms with E-state index in [4.69, 9.17) is 16.3 Å². The third-order valence-corrected chi connectivity index (χ3v) is 4.42. The van der Waals surface area contributed by atoms with Gasteiger partial charge < -0.3 is 9.64 Å². The second kappa shape index (κ2) is 6.25. The number of halogens is 2. The summed E-state index contributed by atoms with van der Waals surface area (Å²) in [6.07, 6.45) is -0.0519. The van der Waals surface area contributed by atoms with Gasteiger partial charge in [0.2, 0.25) is 0 Å². The van der Waals surface area contributed by atoms with Gasteiger partial charge in [-0.3, -0.25) is 4.79 Å². The topological polar surface area (TPSA) is 29.5 Å². The molecule has 1 amide bonds. The van der Waals surface area contributed by atoms with E-state index in [0.717, 1.165) is 10.0 Å². The number of alkyl halides is 1. The van der Waals surface area contributed by atoms with Gasteiger partial charge in [0, 0.05) is 23.1 Å². The maximum Gasteiger partial charge on any atom is 0.254 e. The molecule has 104 valence electrons. The fourth-order valence-corrected chi connectivity index (χ4v) is 2.67. The van der Waals surface area contributed by atoms with Gasteiger partial charge >= 0.3 is 0 Å². The SMILES string of the molecule is Cc1cc(C(=O)N2CC(C)OC(CCl)C2)ccc1Br. The number of carbonyl (C=O) groups excluding carboxylic acids is 1. The lowest BCUT2D eigenvalue weighted by Gasteiger charge is -2.36. The van der Waals surface area contributed by atoms with Gasteiger partial charge in [0.15, 0.2) is 0 Å². The molecule has 1 heterocycles. The number of aryl methyl sites for hydroxylation is 1. The molecule has 1 saturated heterocycles. The summed E-state index contributed by atoms with van der Waals surface area (Å²) < 4.78 is 6.67. The summed E-state index contributed by atoms with van der Waals surface area (Å²) >= 11 is 9.28. The molecule has 3 nitrogen and oxygen atoms in total. The van der Waals surface area contributed by atoms with Gasteiger partial charge in [-0.1, -0.05) is 15.9 Å². The highest BCUT2D eigenvalue weighted by Crippen LogP contribution is 2.20. The molecule has 1 aliphatic rings. The molecule has 1 aliphatic heterocycles. The molecule has 2 unspecified atom stereocenters. The monoisotopic (exact) mass is 345 g/mol. The Morgan fingerprint density at radius 3 is 2.89 bits per heavy atom. The van der Waals surface area contributed by atoms with Gasteiger partial charge in [-0.15, -0.1) is 11.6 Å².